The molecule has 4 fully saturated rings. The summed E-state index contributed by atoms with van der Waals surface area (Å²) < 4.78 is 23.2. The Morgan fingerprint density at radius 1 is 0.982 bits per heavy atom. The van der Waals surface area contributed by atoms with Crippen molar-refractivity contribution in [3.05, 3.63) is 47.0 Å². The number of hydrogen-bond donors (Lipinski definition) is 6. The second-order valence-electron chi connectivity index (χ2n) is 17.5. The van der Waals surface area contributed by atoms with Gasteiger partial charge in [0.25, 0.3) is 0 Å². The Hall–Kier alpha value is -0.517. The topological polar surface area (TPSA) is 218 Å². The normalized spacial score (nSPS) is 35.6. The molecule has 11 atom stereocenters. The molecule has 0 spiro atoms. The van der Waals surface area contributed by atoms with Gasteiger partial charge < -0.3 is 49.8 Å². The van der Waals surface area contributed by atoms with Crippen LogP contribution in [-0.4, -0.2) is 116 Å². The predicted octanol–water partition coefficient (Wildman–Crippen LogP) is 2.75. The molecule has 2 bridgehead atoms. The molecule has 16 heteroatoms. The van der Waals surface area contributed by atoms with Crippen LogP contribution < -0.4 is 5.32 Å². The number of esters is 2. The van der Waals surface area contributed by atoms with Gasteiger partial charge in [0.2, 0.25) is 0 Å². The zero-order valence-electron chi connectivity index (χ0n) is 33.7. The molecule has 1 aromatic carbocycles. The Morgan fingerprint density at radius 3 is 2.19 bits per heavy atom. The van der Waals surface area contributed by atoms with Crippen LogP contribution in [0.25, 0.3) is 0 Å². The summed E-state index contributed by atoms with van der Waals surface area (Å²) in [6.45, 7) is 9.67. The van der Waals surface area contributed by atoms with Crippen LogP contribution in [-0.2, 0) is 28.5 Å². The van der Waals surface area contributed by atoms with Gasteiger partial charge in [-0.25, -0.2) is 14.4 Å². The van der Waals surface area contributed by atoms with Gasteiger partial charge in [0, 0.05) is 112 Å². The van der Waals surface area contributed by atoms with Gasteiger partial charge in [-0.05, 0) is 61.8 Å². The summed E-state index contributed by atoms with van der Waals surface area (Å²) in [6, 6.07) is 6.90. The minimum atomic E-state index is -2.27. The average molecular weight is 1230 g/mol. The average Bonchev–Trinajstić information content (AvgIpc) is 3.15. The number of alkyl carbamates (subject to hydrolysis) is 1. The molecule has 57 heavy (non-hydrogen) atoms. The maximum absolute atomic E-state index is 14.7. The number of aliphatic hydroxyl groups is 5. The number of aliphatic hydroxyl groups excluding tert-OH is 3. The van der Waals surface area contributed by atoms with E-state index in [-0.39, 0.29) is 136 Å². The van der Waals surface area contributed by atoms with Crippen molar-refractivity contribution in [2.45, 2.75) is 140 Å². The van der Waals surface area contributed by atoms with Crippen molar-refractivity contribution in [2.24, 2.45) is 28.6 Å². The zero-order chi connectivity index (χ0) is 40.2. The number of Topliss-reactive ketones (excluding diaryl/α,β-unsaturated/α-hetero) is 1. The van der Waals surface area contributed by atoms with E-state index in [9.17, 15) is 44.7 Å². The molecular weight excluding hydrogens is 1170 g/mol. The van der Waals surface area contributed by atoms with Gasteiger partial charge in [-0.1, -0.05) is 65.2 Å². The monoisotopic (exact) mass is 1230 g/mol. The molecule has 1 saturated heterocycles. The number of carbonyl (C=O) groups is 4. The summed E-state index contributed by atoms with van der Waals surface area (Å²) in [5.74, 6) is -4.59. The van der Waals surface area contributed by atoms with Gasteiger partial charge >= 0.3 is 18.0 Å². The van der Waals surface area contributed by atoms with Crippen LogP contribution in [0.2, 0.25) is 0 Å². The third-order valence-corrected chi connectivity index (χ3v) is 13.4. The first-order valence-electron chi connectivity index (χ1n) is 19.5. The summed E-state index contributed by atoms with van der Waals surface area (Å²) in [5.41, 5.74) is -7.34. The molecule has 1 amide bonds. The Labute approximate surface area is 405 Å². The number of carbonyl (C=O) groups excluding carboxylic acids is 4. The van der Waals surface area contributed by atoms with Crippen molar-refractivity contribution in [3.63, 3.8) is 0 Å². The summed E-state index contributed by atoms with van der Waals surface area (Å²) in [5, 5.41) is 63.5. The van der Waals surface area contributed by atoms with Crippen LogP contribution in [0.5, 0.6) is 0 Å². The van der Waals surface area contributed by atoms with E-state index in [2.05, 4.69) is 5.32 Å². The molecule has 3 saturated carbocycles. The molecule has 310 valence electrons. The van der Waals surface area contributed by atoms with Crippen molar-refractivity contribution < 1.29 is 152 Å². The molecule has 5 aliphatic rings. The van der Waals surface area contributed by atoms with Gasteiger partial charge in [0.15, 0.2) is 11.9 Å². The molecule has 0 aromatic heterocycles. The summed E-state index contributed by atoms with van der Waals surface area (Å²) >= 11 is 0. The molecule has 1 aliphatic heterocycles. The van der Waals surface area contributed by atoms with Crippen molar-refractivity contribution in [2.75, 3.05) is 13.2 Å². The van der Waals surface area contributed by atoms with Crippen LogP contribution in [0.4, 0.5) is 4.79 Å². The van der Waals surface area contributed by atoms with E-state index >= 15 is 0 Å². The van der Waals surface area contributed by atoms with Crippen LogP contribution >= 0.6 is 0 Å². The summed E-state index contributed by atoms with van der Waals surface area (Å²) in [7, 11) is 0. The third-order valence-electron chi connectivity index (χ3n) is 13.4. The quantitative estimate of drug-likeness (QED) is 0.119. The van der Waals surface area contributed by atoms with Gasteiger partial charge in [-0.15, -0.1) is 0 Å². The number of fused-ring (bicyclic) bond motifs is 5. The van der Waals surface area contributed by atoms with E-state index in [1.807, 2.05) is 13.8 Å². The van der Waals surface area contributed by atoms with Crippen molar-refractivity contribution >= 4 is 23.8 Å². The number of nitrogens with one attached hydrogen (secondary N) is 1. The maximum atomic E-state index is 14.7. The second-order valence-corrected chi connectivity index (χ2v) is 17.5. The van der Waals surface area contributed by atoms with E-state index in [1.165, 1.54) is 19.1 Å². The minimum absolute atomic E-state index is 0. The van der Waals surface area contributed by atoms with Crippen LogP contribution in [0, 0.1) is 117 Å². The summed E-state index contributed by atoms with van der Waals surface area (Å²) in [6.07, 6.45) is -6.84. The third kappa shape index (κ3) is 8.78. The van der Waals surface area contributed by atoms with Crippen LogP contribution in [0.3, 0.4) is 0 Å². The van der Waals surface area contributed by atoms with E-state index < -0.39 is 101 Å². The maximum Gasteiger partial charge on any atom is 0.407 e. The standard InChI is InChI=1S/C41H57NO13.2Ac/c1-21(2)19-52-37(49)42-29(23-13-9-7-10-14-23)31(45)36(48)54-25-18-41(51)34(55-35(47)24-15-11-8-12-16-24)32-39(6,26(43)17-27-40(32,50)20-53-27)33(46)30(44)28(22(25)3)38(41,4)5;;/h8,11-12,15-16,21,23,25-27,29-32,34,43-45,50-51H,7,9-10,13-14,17-20H2,1-6H3,(H,42,49);;/t25?,26?,27?,29?,30?,31?,32?,34?,39-,40+,41?;;/m1../s1. The summed E-state index contributed by atoms with van der Waals surface area (Å²) in [4.78, 5) is 55.5. The molecule has 6 N–H and O–H groups in total. The Bertz CT molecular complexity index is 1690. The van der Waals surface area contributed by atoms with Gasteiger partial charge in [0.05, 0.1) is 42.4 Å². The number of ketones is 1. The Balaban J connectivity index is 0.00000360. The molecule has 4 aliphatic carbocycles. The molecule has 6 rings (SSSR count). The smallest absolute Gasteiger partial charge is 0.407 e. The number of ether oxygens (including phenoxy) is 4. The van der Waals surface area contributed by atoms with E-state index in [0.29, 0.717) is 12.8 Å². The molecule has 1 heterocycles. The zero-order valence-corrected chi connectivity index (χ0v) is 43.2. The van der Waals surface area contributed by atoms with Crippen molar-refractivity contribution in [1.82, 2.24) is 5.32 Å². The first-order valence-corrected chi connectivity index (χ1v) is 19.5. The van der Waals surface area contributed by atoms with E-state index in [0.717, 1.165) is 19.3 Å². The van der Waals surface area contributed by atoms with Crippen LogP contribution in [0.1, 0.15) is 96.8 Å². The number of hydrogen-bond acceptors (Lipinski definition) is 13. The van der Waals surface area contributed by atoms with Crippen molar-refractivity contribution in [3.8, 4) is 0 Å². The van der Waals surface area contributed by atoms with Gasteiger partial charge in [-0.2, -0.15) is 0 Å². The van der Waals surface area contributed by atoms with Gasteiger partial charge in [0.1, 0.15) is 29.5 Å². The second kappa shape index (κ2) is 18.8. The number of rotatable bonds is 9. The minimum Gasteiger partial charge on any atom is -0.456 e. The fraction of sp³-hybridized carbons (Fsp3) is 0.707. The van der Waals surface area contributed by atoms with E-state index in [4.69, 9.17) is 18.9 Å². The Morgan fingerprint density at radius 2 is 1.61 bits per heavy atom. The first kappa shape index (κ1) is 49.1. The predicted molar refractivity (Wildman–Crippen MR) is 195 cm³/mol. The SMILES string of the molecule is CC1=C2C(O)C(=O)[C@]3(C)C(O)CC4OC[C@@]4(O)C3C(OC(=O)c3ccccc3)C(O)(CC1OC(=O)C(O)C(NC(=O)OCC(C)C)C1CCCCC1)C2(C)C.[Ac].[Ac]. The molecular formula is C41H57Ac2NO13. The largest absolute Gasteiger partial charge is 0.456 e. The fourth-order valence-electron chi connectivity index (χ4n) is 10.1. The molecule has 1 aromatic rings. The first-order chi connectivity index (χ1) is 25.8. The fourth-order valence-corrected chi connectivity index (χ4v) is 10.1. The molecule has 9 unspecified atom stereocenters. The number of benzene rings is 1. The van der Waals surface area contributed by atoms with Crippen molar-refractivity contribution in [1.29, 1.82) is 0 Å². The van der Waals surface area contributed by atoms with E-state index in [1.54, 1.807) is 39.0 Å². The van der Waals surface area contributed by atoms with Crippen LogP contribution in [0.15, 0.2) is 41.5 Å². The number of amides is 1. The molecule has 14 nitrogen and oxygen atoms in total. The van der Waals surface area contributed by atoms with Gasteiger partial charge in [-0.3, -0.25) is 4.79 Å². The Kier molecular flexibility index (Phi) is 16.2. The molecule has 2 radical (unpaired) electrons.